The number of benzene rings is 2. The highest BCUT2D eigenvalue weighted by Gasteiger charge is 2.06. The Bertz CT molecular complexity index is 866. The van der Waals surface area contributed by atoms with Gasteiger partial charge in [-0.3, -0.25) is 0 Å². The zero-order valence-electron chi connectivity index (χ0n) is 17.4. The Morgan fingerprint density at radius 1 is 1.07 bits per heavy atom. The third-order valence-electron chi connectivity index (χ3n) is 4.37. The van der Waals surface area contributed by atoms with Crippen LogP contribution in [0.2, 0.25) is 0 Å². The Labute approximate surface area is 174 Å². The molecule has 2 aromatic carbocycles. The van der Waals surface area contributed by atoms with E-state index in [1.54, 1.807) is 24.3 Å². The lowest BCUT2D eigenvalue weighted by atomic mass is 10.1. The Balaban J connectivity index is 1.77. The average molecular weight is 418 g/mol. The van der Waals surface area contributed by atoms with E-state index in [9.17, 15) is 8.42 Å². The second-order valence-electron chi connectivity index (χ2n) is 6.82. The van der Waals surface area contributed by atoms with Gasteiger partial charge in [0.2, 0.25) is 0 Å². The summed E-state index contributed by atoms with van der Waals surface area (Å²) in [6.45, 7) is 6.73. The summed E-state index contributed by atoms with van der Waals surface area (Å²) in [5.41, 5.74) is 2.13. The maximum Gasteiger partial charge on any atom is 0.191 e. The molecule has 6 nitrogen and oxygen atoms in total. The molecule has 0 aliphatic heterocycles. The van der Waals surface area contributed by atoms with E-state index < -0.39 is 9.84 Å². The molecule has 0 aliphatic carbocycles. The fourth-order valence-corrected chi connectivity index (χ4v) is 3.34. The SMILES string of the molecule is CCNC(=NCc1ccc(S(C)(=O)=O)cc1)NCCCOC(C)c1ccccc1. The van der Waals surface area contributed by atoms with Crippen LogP contribution in [0.15, 0.2) is 64.5 Å². The lowest BCUT2D eigenvalue weighted by Crippen LogP contribution is -2.38. The Kier molecular flexibility index (Phi) is 9.15. The number of sulfone groups is 1. The van der Waals surface area contributed by atoms with E-state index in [2.05, 4.69) is 34.7 Å². The molecule has 1 unspecified atom stereocenters. The summed E-state index contributed by atoms with van der Waals surface area (Å²) in [4.78, 5) is 4.88. The summed E-state index contributed by atoms with van der Waals surface area (Å²) in [6, 6.07) is 17.0. The third kappa shape index (κ3) is 8.25. The topological polar surface area (TPSA) is 79.8 Å². The number of nitrogens with one attached hydrogen (secondary N) is 2. The molecular weight excluding hydrogens is 386 g/mol. The van der Waals surface area contributed by atoms with Crippen molar-refractivity contribution in [2.24, 2.45) is 4.99 Å². The van der Waals surface area contributed by atoms with Gasteiger partial charge in [-0.2, -0.15) is 0 Å². The van der Waals surface area contributed by atoms with Crippen LogP contribution >= 0.6 is 0 Å². The molecule has 2 N–H and O–H groups in total. The minimum atomic E-state index is -3.17. The summed E-state index contributed by atoms with van der Waals surface area (Å²) >= 11 is 0. The molecule has 158 valence electrons. The molecule has 1 atom stereocenters. The predicted octanol–water partition coefficient (Wildman–Crippen LogP) is 3.31. The molecule has 0 aliphatic rings. The molecule has 0 bridgehead atoms. The quantitative estimate of drug-likeness (QED) is 0.352. The van der Waals surface area contributed by atoms with Crippen molar-refractivity contribution in [1.29, 1.82) is 0 Å². The predicted molar refractivity (Wildman–Crippen MR) is 118 cm³/mol. The van der Waals surface area contributed by atoms with Crippen molar-refractivity contribution >= 4 is 15.8 Å². The first-order chi connectivity index (χ1) is 13.9. The molecular formula is C22H31N3O3S. The summed E-state index contributed by atoms with van der Waals surface area (Å²) < 4.78 is 29.0. The maximum atomic E-state index is 11.5. The molecule has 7 heteroatoms. The van der Waals surface area contributed by atoms with Gasteiger partial charge in [0, 0.05) is 26.0 Å². The molecule has 2 rings (SSSR count). The first-order valence-electron chi connectivity index (χ1n) is 9.88. The molecule has 0 heterocycles. The average Bonchev–Trinajstić information content (AvgIpc) is 2.71. The smallest absolute Gasteiger partial charge is 0.191 e. The van der Waals surface area contributed by atoms with Crippen LogP contribution in [-0.2, 0) is 21.1 Å². The van der Waals surface area contributed by atoms with E-state index in [-0.39, 0.29) is 6.10 Å². The van der Waals surface area contributed by atoms with E-state index in [4.69, 9.17) is 4.74 Å². The van der Waals surface area contributed by atoms with Crippen LogP contribution in [0.1, 0.15) is 37.5 Å². The van der Waals surface area contributed by atoms with Crippen LogP contribution < -0.4 is 10.6 Å². The third-order valence-corrected chi connectivity index (χ3v) is 5.49. The minimum absolute atomic E-state index is 0.0769. The minimum Gasteiger partial charge on any atom is -0.374 e. The highest BCUT2D eigenvalue weighted by molar-refractivity contribution is 7.90. The molecule has 0 fully saturated rings. The van der Waals surface area contributed by atoms with E-state index in [0.29, 0.717) is 18.0 Å². The van der Waals surface area contributed by atoms with Crippen molar-refractivity contribution < 1.29 is 13.2 Å². The van der Waals surface area contributed by atoms with Crippen LogP contribution in [0.25, 0.3) is 0 Å². The van der Waals surface area contributed by atoms with Gasteiger partial charge in [0.05, 0.1) is 17.5 Å². The van der Waals surface area contributed by atoms with Gasteiger partial charge in [0.15, 0.2) is 15.8 Å². The van der Waals surface area contributed by atoms with E-state index in [1.165, 1.54) is 11.8 Å². The molecule has 0 saturated heterocycles. The molecule has 0 aromatic heterocycles. The maximum absolute atomic E-state index is 11.5. The molecule has 0 spiro atoms. The number of ether oxygens (including phenoxy) is 1. The first-order valence-corrected chi connectivity index (χ1v) is 11.8. The summed E-state index contributed by atoms with van der Waals surface area (Å²) in [5, 5.41) is 6.52. The molecule has 0 amide bonds. The number of hydrogen-bond acceptors (Lipinski definition) is 4. The number of rotatable bonds is 10. The monoisotopic (exact) mass is 417 g/mol. The lowest BCUT2D eigenvalue weighted by molar-refractivity contribution is 0.0646. The molecule has 0 saturated carbocycles. The second-order valence-corrected chi connectivity index (χ2v) is 8.83. The van der Waals surface area contributed by atoms with E-state index in [0.717, 1.165) is 31.0 Å². The summed E-state index contributed by atoms with van der Waals surface area (Å²) in [5.74, 6) is 0.732. The van der Waals surface area contributed by atoms with Gasteiger partial charge in [-0.05, 0) is 43.5 Å². The fourth-order valence-electron chi connectivity index (χ4n) is 2.71. The van der Waals surface area contributed by atoms with E-state index in [1.807, 2.05) is 25.1 Å². The van der Waals surface area contributed by atoms with Crippen molar-refractivity contribution in [3.63, 3.8) is 0 Å². The number of aliphatic imine (C=N–C) groups is 1. The largest absolute Gasteiger partial charge is 0.374 e. The van der Waals surface area contributed by atoms with Crippen molar-refractivity contribution in [2.75, 3.05) is 26.0 Å². The standard InChI is InChI=1S/C22H31N3O3S/c1-4-23-22(25-17-19-11-13-21(14-12-19)29(3,26)27)24-15-8-16-28-18(2)20-9-6-5-7-10-20/h5-7,9-14,18H,4,8,15-17H2,1-3H3,(H2,23,24,25). The summed E-state index contributed by atoms with van der Waals surface area (Å²) in [7, 11) is -3.17. The van der Waals surface area contributed by atoms with Gasteiger partial charge < -0.3 is 15.4 Å². The number of guanidine groups is 1. The van der Waals surface area contributed by atoms with Crippen LogP contribution in [-0.4, -0.2) is 40.3 Å². The zero-order valence-corrected chi connectivity index (χ0v) is 18.2. The molecule has 2 aromatic rings. The first kappa shape index (κ1) is 22.9. The number of hydrogen-bond donors (Lipinski definition) is 2. The zero-order chi connectivity index (χ0) is 21.1. The van der Waals surface area contributed by atoms with Gasteiger partial charge in [-0.15, -0.1) is 0 Å². The van der Waals surface area contributed by atoms with Gasteiger partial charge >= 0.3 is 0 Å². The lowest BCUT2D eigenvalue weighted by Gasteiger charge is -2.14. The van der Waals surface area contributed by atoms with Gasteiger partial charge in [-0.25, -0.2) is 13.4 Å². The van der Waals surface area contributed by atoms with Crippen molar-refractivity contribution in [3.8, 4) is 0 Å². The van der Waals surface area contributed by atoms with E-state index >= 15 is 0 Å². The Morgan fingerprint density at radius 2 is 1.76 bits per heavy atom. The molecule has 0 radical (unpaired) electrons. The normalized spacial score (nSPS) is 13.1. The summed E-state index contributed by atoms with van der Waals surface area (Å²) in [6.07, 6.45) is 2.15. The van der Waals surface area contributed by atoms with Gasteiger partial charge in [0.25, 0.3) is 0 Å². The number of nitrogens with zero attached hydrogens (tertiary/aromatic N) is 1. The Hall–Kier alpha value is -2.38. The highest BCUT2D eigenvalue weighted by Crippen LogP contribution is 2.15. The van der Waals surface area contributed by atoms with Crippen molar-refractivity contribution in [1.82, 2.24) is 10.6 Å². The van der Waals surface area contributed by atoms with Gasteiger partial charge in [0.1, 0.15) is 0 Å². The van der Waals surface area contributed by atoms with Crippen molar-refractivity contribution in [3.05, 3.63) is 65.7 Å². The van der Waals surface area contributed by atoms with Gasteiger partial charge in [-0.1, -0.05) is 42.5 Å². The Morgan fingerprint density at radius 3 is 2.38 bits per heavy atom. The van der Waals surface area contributed by atoms with Crippen LogP contribution in [0, 0.1) is 0 Å². The van der Waals surface area contributed by atoms with Crippen LogP contribution in [0.3, 0.4) is 0 Å². The molecule has 29 heavy (non-hydrogen) atoms. The second kappa shape index (κ2) is 11.6. The van der Waals surface area contributed by atoms with Crippen LogP contribution in [0.5, 0.6) is 0 Å². The van der Waals surface area contributed by atoms with Crippen molar-refractivity contribution in [2.45, 2.75) is 37.8 Å². The highest BCUT2D eigenvalue weighted by atomic mass is 32.2. The van der Waals surface area contributed by atoms with Crippen LogP contribution in [0.4, 0.5) is 0 Å². The fraction of sp³-hybridized carbons (Fsp3) is 0.409.